The molecule has 0 saturated carbocycles. The molecule has 0 aliphatic carbocycles. The van der Waals surface area contributed by atoms with Crippen LogP contribution in [0.4, 0.5) is 0 Å². The number of nitrogens with zero attached hydrogens (tertiary/aromatic N) is 4. The first kappa shape index (κ1) is 14.9. The standard InChI is InChI=1S/C12H12ClN5O3S/c13-9-7-14-18(8-9)6-2-5-15-22(19,20)11-4-1-3-10-12(11)17-21-16-10/h1,3-4,7-8,15H,2,5-6H2. The Hall–Kier alpha value is -1.97. The zero-order valence-corrected chi connectivity index (χ0v) is 12.9. The molecular weight excluding hydrogens is 330 g/mol. The quantitative estimate of drug-likeness (QED) is 0.680. The average Bonchev–Trinajstić information content (AvgIpc) is 3.11. The Morgan fingerprint density at radius 2 is 2.18 bits per heavy atom. The van der Waals surface area contributed by atoms with E-state index in [0.717, 1.165) is 0 Å². The van der Waals surface area contributed by atoms with Gasteiger partial charge in [-0.15, -0.1) is 0 Å². The first-order valence-electron chi connectivity index (χ1n) is 6.45. The molecule has 0 bridgehead atoms. The number of nitrogens with one attached hydrogen (secondary N) is 1. The molecule has 0 fully saturated rings. The highest BCUT2D eigenvalue weighted by Crippen LogP contribution is 2.19. The second-order valence-electron chi connectivity index (χ2n) is 4.56. The second kappa shape index (κ2) is 6.03. The smallest absolute Gasteiger partial charge is 0.242 e. The highest BCUT2D eigenvalue weighted by molar-refractivity contribution is 7.89. The van der Waals surface area contributed by atoms with Gasteiger partial charge < -0.3 is 0 Å². The van der Waals surface area contributed by atoms with E-state index in [9.17, 15) is 8.42 Å². The minimum Gasteiger partial charge on any atom is -0.271 e. The molecule has 0 aliphatic heterocycles. The van der Waals surface area contributed by atoms with Gasteiger partial charge in [-0.25, -0.2) is 17.8 Å². The number of benzene rings is 1. The van der Waals surface area contributed by atoms with Gasteiger partial charge in [0.15, 0.2) is 5.52 Å². The van der Waals surface area contributed by atoms with Gasteiger partial charge in [-0.2, -0.15) is 5.10 Å². The van der Waals surface area contributed by atoms with Gasteiger partial charge in [-0.1, -0.05) is 17.7 Å². The van der Waals surface area contributed by atoms with Crippen LogP contribution in [0.15, 0.2) is 40.1 Å². The molecule has 3 aromatic rings. The lowest BCUT2D eigenvalue weighted by atomic mass is 10.3. The van der Waals surface area contributed by atoms with Crippen molar-refractivity contribution < 1.29 is 13.0 Å². The lowest BCUT2D eigenvalue weighted by Gasteiger charge is -2.06. The molecule has 0 atom stereocenters. The topological polar surface area (TPSA) is 103 Å². The van der Waals surface area contributed by atoms with E-state index in [2.05, 4.69) is 24.8 Å². The van der Waals surface area contributed by atoms with Crippen LogP contribution in [0, 0.1) is 0 Å². The minimum atomic E-state index is -3.67. The molecule has 2 aromatic heterocycles. The third kappa shape index (κ3) is 3.11. The zero-order valence-electron chi connectivity index (χ0n) is 11.3. The van der Waals surface area contributed by atoms with Crippen molar-refractivity contribution in [3.8, 4) is 0 Å². The summed E-state index contributed by atoms with van der Waals surface area (Å²) in [5.41, 5.74) is 0.614. The number of fused-ring (bicyclic) bond motifs is 1. The lowest BCUT2D eigenvalue weighted by Crippen LogP contribution is -2.25. The van der Waals surface area contributed by atoms with Gasteiger partial charge in [-0.3, -0.25) is 4.68 Å². The molecule has 0 spiro atoms. The molecule has 0 radical (unpaired) electrons. The van der Waals surface area contributed by atoms with E-state index in [1.807, 2.05) is 0 Å². The number of aryl methyl sites for hydroxylation is 1. The Morgan fingerprint density at radius 3 is 2.95 bits per heavy atom. The number of sulfonamides is 1. The maximum absolute atomic E-state index is 12.3. The molecule has 1 aromatic carbocycles. The molecule has 0 aliphatic rings. The SMILES string of the molecule is O=S(=O)(NCCCn1cc(Cl)cn1)c1cccc2nonc12. The van der Waals surface area contributed by atoms with Gasteiger partial charge in [-0.05, 0) is 28.9 Å². The van der Waals surface area contributed by atoms with Crippen LogP contribution in [-0.2, 0) is 16.6 Å². The molecular formula is C12H12ClN5O3S. The van der Waals surface area contributed by atoms with E-state index in [4.69, 9.17) is 11.6 Å². The summed E-state index contributed by atoms with van der Waals surface area (Å²) in [4.78, 5) is 0.0494. The fraction of sp³-hybridized carbons (Fsp3) is 0.250. The molecule has 0 unspecified atom stereocenters. The number of aromatic nitrogens is 4. The Morgan fingerprint density at radius 1 is 1.32 bits per heavy atom. The third-order valence-corrected chi connectivity index (χ3v) is 4.68. The van der Waals surface area contributed by atoms with Crippen LogP contribution in [-0.4, -0.2) is 35.1 Å². The predicted octanol–water partition coefficient (Wildman–Crippen LogP) is 1.44. The van der Waals surface area contributed by atoms with Crippen molar-refractivity contribution in [1.29, 1.82) is 0 Å². The summed E-state index contributed by atoms with van der Waals surface area (Å²) < 4.78 is 33.3. The fourth-order valence-electron chi connectivity index (χ4n) is 1.98. The van der Waals surface area contributed by atoms with Crippen molar-refractivity contribution in [3.05, 3.63) is 35.6 Å². The van der Waals surface area contributed by atoms with Gasteiger partial charge in [0.25, 0.3) is 0 Å². The van der Waals surface area contributed by atoms with Crippen molar-refractivity contribution in [2.24, 2.45) is 0 Å². The average molecular weight is 342 g/mol. The zero-order chi connectivity index (χ0) is 15.6. The van der Waals surface area contributed by atoms with Crippen LogP contribution in [0.25, 0.3) is 11.0 Å². The highest BCUT2D eigenvalue weighted by Gasteiger charge is 2.19. The summed E-state index contributed by atoms with van der Waals surface area (Å²) in [5.74, 6) is 0. The van der Waals surface area contributed by atoms with Crippen LogP contribution < -0.4 is 4.72 Å². The first-order chi connectivity index (χ1) is 10.6. The van der Waals surface area contributed by atoms with Crippen molar-refractivity contribution >= 4 is 32.7 Å². The monoisotopic (exact) mass is 341 g/mol. The minimum absolute atomic E-state index is 0.0494. The van der Waals surface area contributed by atoms with Crippen LogP contribution >= 0.6 is 11.6 Å². The predicted molar refractivity (Wildman–Crippen MR) is 78.8 cm³/mol. The summed E-state index contributed by atoms with van der Waals surface area (Å²) in [6.45, 7) is 0.826. The Labute approximate surface area is 131 Å². The van der Waals surface area contributed by atoms with Crippen molar-refractivity contribution in [3.63, 3.8) is 0 Å². The van der Waals surface area contributed by atoms with Gasteiger partial charge in [0.05, 0.1) is 11.2 Å². The molecule has 10 heteroatoms. The Balaban J connectivity index is 1.65. The summed E-state index contributed by atoms with van der Waals surface area (Å²) >= 11 is 5.75. The first-order valence-corrected chi connectivity index (χ1v) is 8.31. The fourth-order valence-corrected chi connectivity index (χ4v) is 3.36. The lowest BCUT2D eigenvalue weighted by molar-refractivity contribution is 0.315. The molecule has 0 amide bonds. The number of rotatable bonds is 6. The van der Waals surface area contributed by atoms with Gasteiger partial charge >= 0.3 is 0 Å². The normalized spacial score (nSPS) is 12.0. The molecule has 2 heterocycles. The van der Waals surface area contributed by atoms with Gasteiger partial charge in [0.1, 0.15) is 10.4 Å². The molecule has 3 rings (SSSR count). The molecule has 0 saturated heterocycles. The second-order valence-corrected chi connectivity index (χ2v) is 6.73. The van der Waals surface area contributed by atoms with E-state index in [1.54, 1.807) is 23.0 Å². The summed E-state index contributed by atoms with van der Waals surface area (Å²) in [5, 5.41) is 11.8. The van der Waals surface area contributed by atoms with Gasteiger partial charge in [0.2, 0.25) is 10.0 Å². The molecule has 8 nitrogen and oxygen atoms in total. The Bertz CT molecular complexity index is 889. The van der Waals surface area contributed by atoms with E-state index in [1.165, 1.54) is 12.3 Å². The van der Waals surface area contributed by atoms with Crippen LogP contribution in [0.5, 0.6) is 0 Å². The molecule has 22 heavy (non-hydrogen) atoms. The van der Waals surface area contributed by atoms with Crippen LogP contribution in [0.1, 0.15) is 6.42 Å². The Kier molecular flexibility index (Phi) is 4.10. The summed E-state index contributed by atoms with van der Waals surface area (Å²) in [6.07, 6.45) is 3.78. The number of hydrogen-bond acceptors (Lipinski definition) is 6. The van der Waals surface area contributed by atoms with E-state index in [0.29, 0.717) is 23.5 Å². The van der Waals surface area contributed by atoms with Crippen molar-refractivity contribution in [1.82, 2.24) is 24.8 Å². The largest absolute Gasteiger partial charge is 0.271 e. The molecule has 116 valence electrons. The number of hydrogen-bond donors (Lipinski definition) is 1. The summed E-state index contributed by atoms with van der Waals surface area (Å²) in [7, 11) is -3.67. The van der Waals surface area contributed by atoms with Crippen molar-refractivity contribution in [2.45, 2.75) is 17.9 Å². The number of halogens is 1. The van der Waals surface area contributed by atoms with Crippen molar-refractivity contribution in [2.75, 3.05) is 6.54 Å². The molecule has 1 N–H and O–H groups in total. The van der Waals surface area contributed by atoms with Gasteiger partial charge in [0, 0.05) is 19.3 Å². The summed E-state index contributed by atoms with van der Waals surface area (Å²) in [6, 6.07) is 4.68. The van der Waals surface area contributed by atoms with E-state index < -0.39 is 10.0 Å². The van der Waals surface area contributed by atoms with Crippen LogP contribution in [0.2, 0.25) is 5.02 Å². The van der Waals surface area contributed by atoms with E-state index in [-0.39, 0.29) is 17.0 Å². The maximum atomic E-state index is 12.3. The highest BCUT2D eigenvalue weighted by atomic mass is 35.5. The third-order valence-electron chi connectivity index (χ3n) is 3.00. The van der Waals surface area contributed by atoms with Crippen LogP contribution in [0.3, 0.4) is 0 Å². The maximum Gasteiger partial charge on any atom is 0.242 e. The van der Waals surface area contributed by atoms with E-state index >= 15 is 0 Å².